The van der Waals surface area contributed by atoms with Gasteiger partial charge in [0.1, 0.15) is 0 Å². The number of hydrogen-bond acceptors (Lipinski definition) is 2. The van der Waals surface area contributed by atoms with Crippen LogP contribution < -0.4 is 34.7 Å². The second-order valence-electron chi connectivity index (χ2n) is 2.31. The van der Waals surface area contributed by atoms with E-state index in [9.17, 15) is 8.42 Å². The van der Waals surface area contributed by atoms with Crippen molar-refractivity contribution in [3.63, 3.8) is 0 Å². The molecule has 0 aliphatic carbocycles. The third-order valence-corrected chi connectivity index (χ3v) is 2.47. The van der Waals surface area contributed by atoms with Crippen LogP contribution in [0.2, 0.25) is 0 Å². The fraction of sp³-hybridized carbons (Fsp3) is 0.143. The molecule has 0 heterocycles. The van der Waals surface area contributed by atoms with Crippen molar-refractivity contribution in [1.29, 1.82) is 0 Å². The molecule has 62 valence electrons. The molecule has 0 amide bonds. The first-order valence-electron chi connectivity index (χ1n) is 3.10. The summed E-state index contributed by atoms with van der Waals surface area (Å²) >= 11 is 0. The van der Waals surface area contributed by atoms with E-state index in [4.69, 9.17) is 5.14 Å². The van der Waals surface area contributed by atoms with Gasteiger partial charge in [-0.15, -0.1) is 0 Å². The van der Waals surface area contributed by atoms with Crippen molar-refractivity contribution in [3.05, 3.63) is 29.8 Å². The molecule has 1 aromatic rings. The molecule has 5 heteroatoms. The first-order valence-corrected chi connectivity index (χ1v) is 4.65. The predicted molar refractivity (Wildman–Crippen MR) is 43.7 cm³/mol. The van der Waals surface area contributed by atoms with Gasteiger partial charge in [0.2, 0.25) is 10.0 Å². The van der Waals surface area contributed by atoms with Crippen molar-refractivity contribution >= 4 is 10.0 Å². The molecule has 2 N–H and O–H groups in total. The van der Waals surface area contributed by atoms with Crippen molar-refractivity contribution in [2.75, 3.05) is 0 Å². The molecule has 12 heavy (non-hydrogen) atoms. The Morgan fingerprint density at radius 3 is 2.17 bits per heavy atom. The fourth-order valence-corrected chi connectivity index (χ4v) is 1.66. The maximum atomic E-state index is 10.8. The van der Waals surface area contributed by atoms with Gasteiger partial charge in [0, 0.05) is 0 Å². The average molecular weight is 195 g/mol. The van der Waals surface area contributed by atoms with Crippen molar-refractivity contribution in [3.8, 4) is 0 Å². The summed E-state index contributed by atoms with van der Waals surface area (Å²) in [5, 5.41) is 4.93. The molecule has 1 aromatic carbocycles. The van der Waals surface area contributed by atoms with Gasteiger partial charge in [-0.05, 0) is 18.6 Å². The van der Waals surface area contributed by atoms with Crippen molar-refractivity contribution in [2.24, 2.45) is 5.14 Å². The van der Waals surface area contributed by atoms with Crippen LogP contribution in [0.3, 0.4) is 0 Å². The molecule has 0 fully saturated rings. The minimum absolute atomic E-state index is 0. The van der Waals surface area contributed by atoms with Gasteiger partial charge in [-0.25, -0.2) is 13.6 Å². The van der Waals surface area contributed by atoms with Crippen LogP contribution in [0.5, 0.6) is 0 Å². The summed E-state index contributed by atoms with van der Waals surface area (Å²) in [5.41, 5.74) is 0.676. The van der Waals surface area contributed by atoms with E-state index in [1.807, 2.05) is 0 Å². The van der Waals surface area contributed by atoms with Crippen molar-refractivity contribution < 1.29 is 39.4 Å². The SMILES string of the molecule is Cc1ccccc1S(N)(=O)=O.[H-].[Na+]. The Kier molecular flexibility index (Phi) is 4.44. The number of sulfonamides is 1. The Bertz CT molecular complexity index is 367. The van der Waals surface area contributed by atoms with E-state index < -0.39 is 10.0 Å². The summed E-state index contributed by atoms with van der Waals surface area (Å²) in [7, 11) is -3.53. The third-order valence-electron chi connectivity index (χ3n) is 1.40. The standard InChI is InChI=1S/C7H9NO2S.Na.H/c1-6-4-2-3-5-7(6)11(8,9)10;;/h2-5H,1H3,(H2,8,9,10);;/q;+1;-1. The Labute approximate surface area is 95.8 Å². The molecule has 0 saturated heterocycles. The number of aryl methyl sites for hydroxylation is 1. The van der Waals surface area contributed by atoms with Gasteiger partial charge in [0.15, 0.2) is 0 Å². The molecule has 0 atom stereocenters. The predicted octanol–water partition coefficient (Wildman–Crippen LogP) is -2.24. The van der Waals surface area contributed by atoms with E-state index in [0.29, 0.717) is 5.56 Å². The number of primary sulfonamides is 1. The van der Waals surface area contributed by atoms with Crippen LogP contribution in [0, 0.1) is 6.92 Å². The summed E-state index contributed by atoms with van der Waals surface area (Å²) < 4.78 is 21.7. The maximum Gasteiger partial charge on any atom is 1.00 e. The summed E-state index contributed by atoms with van der Waals surface area (Å²) in [6, 6.07) is 6.61. The molecule has 0 aliphatic rings. The second kappa shape index (κ2) is 4.39. The monoisotopic (exact) mass is 195 g/mol. The van der Waals surface area contributed by atoms with Gasteiger partial charge in [-0.1, -0.05) is 18.2 Å². The molecular weight excluding hydrogens is 185 g/mol. The second-order valence-corrected chi connectivity index (χ2v) is 3.84. The number of nitrogens with two attached hydrogens (primary N) is 1. The molecular formula is C7H10NNaO2S. The fourth-order valence-electron chi connectivity index (χ4n) is 0.876. The van der Waals surface area contributed by atoms with Crippen molar-refractivity contribution in [2.45, 2.75) is 11.8 Å². The summed E-state index contributed by atoms with van der Waals surface area (Å²) in [5.74, 6) is 0. The molecule has 0 aliphatic heterocycles. The Morgan fingerprint density at radius 1 is 1.33 bits per heavy atom. The van der Waals surface area contributed by atoms with Crippen LogP contribution in [0.1, 0.15) is 6.99 Å². The van der Waals surface area contributed by atoms with E-state index in [2.05, 4.69) is 0 Å². The summed E-state index contributed by atoms with van der Waals surface area (Å²) in [6.07, 6.45) is 0. The number of rotatable bonds is 1. The van der Waals surface area contributed by atoms with Crippen LogP contribution in [-0.2, 0) is 10.0 Å². The van der Waals surface area contributed by atoms with Gasteiger partial charge >= 0.3 is 29.6 Å². The first kappa shape index (κ1) is 12.1. The van der Waals surface area contributed by atoms with Crippen LogP contribution in [0.25, 0.3) is 0 Å². The summed E-state index contributed by atoms with van der Waals surface area (Å²) in [6.45, 7) is 1.71. The zero-order valence-corrected chi connectivity index (χ0v) is 9.93. The molecule has 0 unspecified atom stereocenters. The molecule has 0 aromatic heterocycles. The molecule has 3 nitrogen and oxygen atoms in total. The topological polar surface area (TPSA) is 60.2 Å². The van der Waals surface area contributed by atoms with Crippen LogP contribution >= 0.6 is 0 Å². The largest absolute Gasteiger partial charge is 1.00 e. The van der Waals surface area contributed by atoms with Gasteiger partial charge in [-0.2, -0.15) is 0 Å². The third kappa shape index (κ3) is 2.88. The number of hydrogen-bond donors (Lipinski definition) is 1. The molecule has 0 spiro atoms. The van der Waals surface area contributed by atoms with E-state index in [-0.39, 0.29) is 35.9 Å². The molecule has 1 rings (SSSR count). The zero-order chi connectivity index (χ0) is 8.48. The van der Waals surface area contributed by atoms with Crippen LogP contribution in [0.4, 0.5) is 0 Å². The van der Waals surface area contributed by atoms with Crippen LogP contribution in [0.15, 0.2) is 29.2 Å². The Hall–Kier alpha value is 0.130. The van der Waals surface area contributed by atoms with Crippen molar-refractivity contribution in [1.82, 2.24) is 0 Å². The van der Waals surface area contributed by atoms with Gasteiger partial charge in [0.25, 0.3) is 0 Å². The minimum atomic E-state index is -3.53. The Balaban J connectivity index is 0. The minimum Gasteiger partial charge on any atom is -1.00 e. The average Bonchev–Trinajstić information content (AvgIpc) is 1.86. The molecule has 0 saturated carbocycles. The first-order chi connectivity index (χ1) is 5.02. The van der Waals surface area contributed by atoms with E-state index in [1.165, 1.54) is 6.07 Å². The van der Waals surface area contributed by atoms with E-state index in [0.717, 1.165) is 0 Å². The van der Waals surface area contributed by atoms with Gasteiger partial charge in [0.05, 0.1) is 4.90 Å². The van der Waals surface area contributed by atoms with Gasteiger partial charge < -0.3 is 1.43 Å². The smallest absolute Gasteiger partial charge is 1.00 e. The maximum absolute atomic E-state index is 10.8. The zero-order valence-electron chi connectivity index (χ0n) is 8.11. The molecule has 0 radical (unpaired) electrons. The normalized spacial score (nSPS) is 10.5. The van der Waals surface area contributed by atoms with E-state index in [1.54, 1.807) is 25.1 Å². The quantitative estimate of drug-likeness (QED) is 0.515. The Morgan fingerprint density at radius 2 is 1.83 bits per heavy atom. The molecule has 0 bridgehead atoms. The van der Waals surface area contributed by atoms with Gasteiger partial charge in [-0.3, -0.25) is 0 Å². The number of benzene rings is 1. The summed E-state index contributed by atoms with van der Waals surface area (Å²) in [4.78, 5) is 0.194. The van der Waals surface area contributed by atoms with E-state index >= 15 is 0 Å². The van der Waals surface area contributed by atoms with Crippen LogP contribution in [-0.4, -0.2) is 8.42 Å².